The second-order valence-electron chi connectivity index (χ2n) is 1.07. The lowest BCUT2D eigenvalue weighted by atomic mass is 10.8. The van der Waals surface area contributed by atoms with Gasteiger partial charge in [0.2, 0.25) is 0 Å². The molecule has 0 amide bonds. The van der Waals surface area contributed by atoms with E-state index in [1.54, 1.807) is 0 Å². The third-order valence-electron chi connectivity index (χ3n) is 0.539. The van der Waals surface area contributed by atoms with Crippen LogP contribution in [0.5, 0.6) is 0 Å². The second kappa shape index (κ2) is 2.57. The molecule has 0 aliphatic carbocycles. The van der Waals surface area contributed by atoms with E-state index < -0.39 is 0 Å². The summed E-state index contributed by atoms with van der Waals surface area (Å²) < 4.78 is 0. The lowest BCUT2D eigenvalue weighted by Crippen LogP contribution is -1.92. The van der Waals surface area contributed by atoms with Gasteiger partial charge in [-0.25, -0.2) is 0 Å². The quantitative estimate of drug-likeness (QED) is 0.466. The van der Waals surface area contributed by atoms with Crippen LogP contribution < -0.4 is 4.87 Å². The molecule has 0 aliphatic rings. The Labute approximate surface area is 58.2 Å². The van der Waals surface area contributed by atoms with Crippen molar-refractivity contribution in [1.82, 2.24) is 4.98 Å². The maximum absolute atomic E-state index is 10.3. The molecule has 0 spiro atoms. The van der Waals surface area contributed by atoms with E-state index in [4.69, 9.17) is 11.6 Å². The van der Waals surface area contributed by atoms with Gasteiger partial charge in [-0.1, -0.05) is 10.3 Å². The minimum Gasteiger partial charge on any atom is -0.254 e. The van der Waals surface area contributed by atoms with Crippen LogP contribution >= 0.6 is 32.3 Å². The van der Waals surface area contributed by atoms with E-state index in [9.17, 15) is 4.79 Å². The molecule has 5 heteroatoms. The van der Waals surface area contributed by atoms with Gasteiger partial charge in [0, 0.05) is 0 Å². The van der Waals surface area contributed by atoms with Crippen molar-refractivity contribution in [2.45, 2.75) is 5.88 Å². The van der Waals surface area contributed by atoms with E-state index in [0.717, 1.165) is 10.3 Å². The van der Waals surface area contributed by atoms with E-state index in [1.165, 1.54) is 10.3 Å². The van der Waals surface area contributed by atoms with Gasteiger partial charge in [0.05, 0.1) is 5.88 Å². The fourth-order valence-electron chi connectivity index (χ4n) is 0.275. The highest BCUT2D eigenvalue weighted by atomic mass is 35.5. The summed E-state index contributed by atoms with van der Waals surface area (Å²) in [6.07, 6.45) is 0. The highest BCUT2D eigenvalue weighted by Gasteiger charge is 1.94. The number of aromatic nitrogens is 1. The van der Waals surface area contributed by atoms with Crippen LogP contribution in [0.1, 0.15) is 5.01 Å². The van der Waals surface area contributed by atoms with E-state index >= 15 is 0 Å². The molecular formula is C3H2ClNOS2. The molecule has 1 heterocycles. The summed E-state index contributed by atoms with van der Waals surface area (Å²) in [6.45, 7) is 0. The maximum atomic E-state index is 10.3. The zero-order valence-corrected chi connectivity index (χ0v) is 6.15. The largest absolute Gasteiger partial charge is 0.337 e. The first kappa shape index (κ1) is 6.19. The van der Waals surface area contributed by atoms with Crippen molar-refractivity contribution in [3.8, 4) is 0 Å². The van der Waals surface area contributed by atoms with Gasteiger partial charge in [0.1, 0.15) is 5.01 Å². The minimum atomic E-state index is -0.148. The van der Waals surface area contributed by atoms with Gasteiger partial charge >= 0.3 is 4.87 Å². The van der Waals surface area contributed by atoms with Crippen molar-refractivity contribution >= 4 is 32.3 Å². The SMILES string of the molecule is O=c1nc(CCl)ss1. The predicted octanol–water partition coefficient (Wildman–Crippen LogP) is 1.30. The van der Waals surface area contributed by atoms with Gasteiger partial charge in [-0.05, 0) is 10.3 Å². The summed E-state index contributed by atoms with van der Waals surface area (Å²) in [5.74, 6) is 0.351. The first-order valence-corrected chi connectivity index (χ1v) is 4.53. The standard InChI is InChI=1S/C3H2ClNOS2/c4-1-2-5-3(6)8-7-2/h1H2. The van der Waals surface area contributed by atoms with E-state index in [2.05, 4.69) is 4.98 Å². The highest BCUT2D eigenvalue weighted by Crippen LogP contribution is 2.07. The Morgan fingerprint density at radius 1 is 1.62 bits per heavy atom. The number of rotatable bonds is 1. The summed E-state index contributed by atoms with van der Waals surface area (Å²) in [5, 5.41) is 0.710. The summed E-state index contributed by atoms with van der Waals surface area (Å²) in [6, 6.07) is 0. The number of nitrogens with zero attached hydrogens (tertiary/aromatic N) is 1. The fourth-order valence-corrected chi connectivity index (χ4v) is 2.13. The molecule has 0 unspecified atom stereocenters. The zero-order chi connectivity index (χ0) is 5.98. The summed E-state index contributed by atoms with van der Waals surface area (Å²) in [7, 11) is 2.46. The number of hydrogen-bond acceptors (Lipinski definition) is 4. The van der Waals surface area contributed by atoms with Crippen molar-refractivity contribution in [3.63, 3.8) is 0 Å². The fraction of sp³-hybridized carbons (Fsp3) is 0.333. The van der Waals surface area contributed by atoms with E-state index in [0.29, 0.717) is 10.9 Å². The van der Waals surface area contributed by atoms with Crippen LogP contribution in [-0.2, 0) is 5.88 Å². The molecule has 0 atom stereocenters. The maximum Gasteiger partial charge on any atom is 0.337 e. The monoisotopic (exact) mass is 167 g/mol. The molecule has 0 fully saturated rings. The molecule has 1 rings (SSSR count). The van der Waals surface area contributed by atoms with Gasteiger partial charge in [0.15, 0.2) is 0 Å². The number of halogens is 1. The highest BCUT2D eigenvalue weighted by molar-refractivity contribution is 7.68. The van der Waals surface area contributed by atoms with Crippen LogP contribution in [0, 0.1) is 0 Å². The molecule has 0 N–H and O–H groups in total. The van der Waals surface area contributed by atoms with Gasteiger partial charge < -0.3 is 0 Å². The molecule has 44 valence electrons. The van der Waals surface area contributed by atoms with Crippen LogP contribution in [-0.4, -0.2) is 4.98 Å². The molecule has 0 radical (unpaired) electrons. The summed E-state index contributed by atoms with van der Waals surface area (Å²) in [4.78, 5) is 13.7. The summed E-state index contributed by atoms with van der Waals surface area (Å²) >= 11 is 5.36. The van der Waals surface area contributed by atoms with Crippen LogP contribution in [0.15, 0.2) is 4.79 Å². The first-order chi connectivity index (χ1) is 3.83. The molecule has 1 aromatic heterocycles. The minimum absolute atomic E-state index is 0.148. The van der Waals surface area contributed by atoms with E-state index in [1.807, 2.05) is 0 Å². The summed E-state index contributed by atoms with van der Waals surface area (Å²) in [5.41, 5.74) is 0. The Balaban J connectivity index is 3.01. The van der Waals surface area contributed by atoms with Gasteiger partial charge in [0.25, 0.3) is 0 Å². The Kier molecular flexibility index (Phi) is 1.99. The number of hydrogen-bond donors (Lipinski definition) is 0. The molecule has 0 aromatic carbocycles. The molecule has 2 nitrogen and oxygen atoms in total. The first-order valence-electron chi connectivity index (χ1n) is 1.85. The molecule has 1 aromatic rings. The van der Waals surface area contributed by atoms with Gasteiger partial charge in [-0.2, -0.15) is 4.98 Å². The zero-order valence-electron chi connectivity index (χ0n) is 3.76. The van der Waals surface area contributed by atoms with Crippen molar-refractivity contribution in [1.29, 1.82) is 0 Å². The third-order valence-corrected chi connectivity index (χ3v) is 2.95. The van der Waals surface area contributed by atoms with Gasteiger partial charge in [-0.15, -0.1) is 11.6 Å². The van der Waals surface area contributed by atoms with Crippen molar-refractivity contribution in [3.05, 3.63) is 14.7 Å². The van der Waals surface area contributed by atoms with Crippen molar-refractivity contribution in [2.24, 2.45) is 0 Å². The van der Waals surface area contributed by atoms with Crippen molar-refractivity contribution < 1.29 is 0 Å². The molecular weight excluding hydrogens is 166 g/mol. The Bertz CT molecular complexity index is 217. The Hall–Kier alpha value is 0.0700. The predicted molar refractivity (Wildman–Crippen MR) is 35.8 cm³/mol. The lowest BCUT2D eigenvalue weighted by molar-refractivity contribution is 1.23. The molecule has 0 aliphatic heterocycles. The van der Waals surface area contributed by atoms with Crippen molar-refractivity contribution in [2.75, 3.05) is 0 Å². The van der Waals surface area contributed by atoms with E-state index in [-0.39, 0.29) is 4.87 Å². The second-order valence-corrected chi connectivity index (χ2v) is 3.49. The molecule has 0 saturated heterocycles. The number of alkyl halides is 1. The average Bonchev–Trinajstić information content (AvgIpc) is 2.14. The lowest BCUT2D eigenvalue weighted by Gasteiger charge is -1.72. The van der Waals surface area contributed by atoms with Gasteiger partial charge in [-0.3, -0.25) is 4.79 Å². The third kappa shape index (κ3) is 1.27. The molecule has 0 bridgehead atoms. The van der Waals surface area contributed by atoms with Crippen LogP contribution in [0.4, 0.5) is 0 Å². The molecule has 0 saturated carbocycles. The Morgan fingerprint density at radius 2 is 2.38 bits per heavy atom. The average molecular weight is 168 g/mol. The normalized spacial score (nSPS) is 9.62. The smallest absolute Gasteiger partial charge is 0.254 e. The molecule has 8 heavy (non-hydrogen) atoms. The van der Waals surface area contributed by atoms with Crippen LogP contribution in [0.25, 0.3) is 0 Å². The topological polar surface area (TPSA) is 30.0 Å². The Morgan fingerprint density at radius 3 is 2.62 bits per heavy atom. The van der Waals surface area contributed by atoms with Crippen LogP contribution in [0.2, 0.25) is 0 Å². The van der Waals surface area contributed by atoms with Crippen LogP contribution in [0.3, 0.4) is 0 Å².